The Hall–Kier alpha value is -0.120. The smallest absolute Gasteiger partial charge is 0.0895 e. The minimum Gasteiger partial charge on any atom is -0.394 e. The second-order valence-electron chi connectivity index (χ2n) is 3.85. The number of β-amino-alcohol motifs (C(OH)–C–C–N with tert-alkyl or cyclic N) is 1. The molecule has 3 nitrogen and oxygen atoms in total. The highest BCUT2D eigenvalue weighted by molar-refractivity contribution is 4.77. The average Bonchev–Trinajstić information content (AvgIpc) is 2.00. The van der Waals surface area contributed by atoms with Gasteiger partial charge in [-0.25, -0.2) is 0 Å². The third-order valence-electron chi connectivity index (χ3n) is 1.90. The van der Waals surface area contributed by atoms with Gasteiger partial charge in [0.1, 0.15) is 0 Å². The van der Waals surface area contributed by atoms with Crippen molar-refractivity contribution in [1.82, 2.24) is 5.32 Å². The van der Waals surface area contributed by atoms with E-state index < -0.39 is 6.10 Å². The molecule has 0 spiro atoms. The molecule has 74 valence electrons. The second kappa shape index (κ2) is 5.51. The lowest BCUT2D eigenvalue weighted by Gasteiger charge is -2.26. The van der Waals surface area contributed by atoms with E-state index in [4.69, 9.17) is 10.2 Å². The third kappa shape index (κ3) is 5.52. The van der Waals surface area contributed by atoms with E-state index in [0.29, 0.717) is 6.54 Å². The summed E-state index contributed by atoms with van der Waals surface area (Å²) in [6.45, 7) is 6.62. The van der Waals surface area contributed by atoms with Gasteiger partial charge in [0.05, 0.1) is 12.7 Å². The number of hydrogen-bond acceptors (Lipinski definition) is 3. The molecule has 1 atom stereocenters. The van der Waals surface area contributed by atoms with Gasteiger partial charge in [-0.3, -0.25) is 0 Å². The minimum atomic E-state index is -0.638. The maximum atomic E-state index is 9.08. The van der Waals surface area contributed by atoms with Crippen molar-refractivity contribution in [1.29, 1.82) is 0 Å². The Morgan fingerprint density at radius 1 is 1.42 bits per heavy atom. The molecule has 0 fully saturated rings. The summed E-state index contributed by atoms with van der Waals surface area (Å²) in [5.74, 6) is 0. The zero-order valence-corrected chi connectivity index (χ0v) is 8.30. The third-order valence-corrected chi connectivity index (χ3v) is 1.90. The van der Waals surface area contributed by atoms with Gasteiger partial charge in [0.25, 0.3) is 0 Å². The molecule has 0 bridgehead atoms. The van der Waals surface area contributed by atoms with Crippen molar-refractivity contribution >= 4 is 0 Å². The zero-order chi connectivity index (χ0) is 9.61. The van der Waals surface area contributed by atoms with Gasteiger partial charge < -0.3 is 15.5 Å². The number of hydrogen-bond donors (Lipinski definition) is 3. The van der Waals surface area contributed by atoms with Gasteiger partial charge in [0.2, 0.25) is 0 Å². The summed E-state index contributed by atoms with van der Waals surface area (Å²) >= 11 is 0. The Labute approximate surface area is 74.8 Å². The summed E-state index contributed by atoms with van der Waals surface area (Å²) in [6.07, 6.45) is 1.56. The monoisotopic (exact) mass is 175 g/mol. The van der Waals surface area contributed by atoms with Crippen LogP contribution in [0.3, 0.4) is 0 Å². The summed E-state index contributed by atoms with van der Waals surface area (Å²) in [7, 11) is 0. The van der Waals surface area contributed by atoms with E-state index >= 15 is 0 Å². The van der Waals surface area contributed by atoms with Gasteiger partial charge in [0.15, 0.2) is 0 Å². The van der Waals surface area contributed by atoms with Crippen LogP contribution in [0.5, 0.6) is 0 Å². The highest BCUT2D eigenvalue weighted by Gasteiger charge is 2.16. The number of rotatable bonds is 6. The van der Waals surface area contributed by atoms with Gasteiger partial charge >= 0.3 is 0 Å². The molecule has 0 saturated carbocycles. The molecule has 3 N–H and O–H groups in total. The molecule has 0 aromatic rings. The van der Waals surface area contributed by atoms with E-state index in [-0.39, 0.29) is 12.1 Å². The van der Waals surface area contributed by atoms with E-state index in [0.717, 1.165) is 12.8 Å². The molecule has 1 unspecified atom stereocenters. The number of aliphatic hydroxyl groups is 2. The fraction of sp³-hybridized carbons (Fsp3) is 1.00. The van der Waals surface area contributed by atoms with Crippen LogP contribution in [-0.2, 0) is 0 Å². The molecule has 12 heavy (non-hydrogen) atoms. The van der Waals surface area contributed by atoms with Crippen LogP contribution in [0.4, 0.5) is 0 Å². The number of nitrogens with one attached hydrogen (secondary N) is 1. The second-order valence-corrected chi connectivity index (χ2v) is 3.85. The topological polar surface area (TPSA) is 52.5 Å². The molecule has 3 heteroatoms. The van der Waals surface area contributed by atoms with E-state index in [9.17, 15) is 0 Å². The van der Waals surface area contributed by atoms with Gasteiger partial charge in [0, 0.05) is 12.1 Å². The van der Waals surface area contributed by atoms with Crippen molar-refractivity contribution in [2.45, 2.75) is 45.3 Å². The largest absolute Gasteiger partial charge is 0.394 e. The SMILES string of the molecule is CCCC(C)(C)NCC(O)CO. The predicted octanol–water partition coefficient (Wildman–Crippen LogP) is 0.508. The Bertz CT molecular complexity index is 115. The Morgan fingerprint density at radius 3 is 2.42 bits per heavy atom. The summed E-state index contributed by atoms with van der Waals surface area (Å²) < 4.78 is 0. The molecule has 0 amide bonds. The van der Waals surface area contributed by atoms with Crippen molar-refractivity contribution < 1.29 is 10.2 Å². The first-order valence-corrected chi connectivity index (χ1v) is 4.56. The lowest BCUT2D eigenvalue weighted by molar-refractivity contribution is 0.0871. The maximum Gasteiger partial charge on any atom is 0.0895 e. The molecule has 0 saturated heterocycles. The van der Waals surface area contributed by atoms with Crippen LogP contribution in [0.2, 0.25) is 0 Å². The van der Waals surface area contributed by atoms with E-state index in [2.05, 4.69) is 26.1 Å². The van der Waals surface area contributed by atoms with Crippen molar-refractivity contribution in [3.05, 3.63) is 0 Å². The molecule has 0 heterocycles. The highest BCUT2D eigenvalue weighted by Crippen LogP contribution is 2.09. The van der Waals surface area contributed by atoms with Gasteiger partial charge in [-0.1, -0.05) is 13.3 Å². The summed E-state index contributed by atoms with van der Waals surface area (Å²) in [5.41, 5.74) is 0.0604. The molecule has 0 aliphatic heterocycles. The molecule has 0 aromatic carbocycles. The van der Waals surface area contributed by atoms with Gasteiger partial charge in [-0.15, -0.1) is 0 Å². The zero-order valence-electron chi connectivity index (χ0n) is 8.30. The normalized spacial score (nSPS) is 14.8. The fourth-order valence-electron chi connectivity index (χ4n) is 1.17. The van der Waals surface area contributed by atoms with E-state index in [1.165, 1.54) is 0 Å². The Kier molecular flexibility index (Phi) is 5.46. The van der Waals surface area contributed by atoms with Crippen LogP contribution in [0.25, 0.3) is 0 Å². The predicted molar refractivity (Wildman–Crippen MR) is 50.1 cm³/mol. The Morgan fingerprint density at radius 2 is 2.00 bits per heavy atom. The quantitative estimate of drug-likeness (QED) is 0.551. The first-order chi connectivity index (χ1) is 5.52. The van der Waals surface area contributed by atoms with E-state index in [1.807, 2.05) is 0 Å². The van der Waals surface area contributed by atoms with Gasteiger partial charge in [-0.05, 0) is 20.3 Å². The summed E-state index contributed by atoms with van der Waals surface area (Å²) in [5, 5.41) is 20.8. The first kappa shape index (κ1) is 11.9. The van der Waals surface area contributed by atoms with Crippen molar-refractivity contribution in [2.75, 3.05) is 13.2 Å². The molecule has 0 rings (SSSR count). The minimum absolute atomic E-state index is 0.0604. The molecule has 0 radical (unpaired) electrons. The van der Waals surface area contributed by atoms with Crippen LogP contribution < -0.4 is 5.32 Å². The van der Waals surface area contributed by atoms with Crippen molar-refractivity contribution in [2.24, 2.45) is 0 Å². The lowest BCUT2D eigenvalue weighted by atomic mass is 9.99. The standard InChI is InChI=1S/C9H21NO2/c1-4-5-9(2,3)10-6-8(12)7-11/h8,10-12H,4-7H2,1-3H3. The molecule has 0 aliphatic carbocycles. The molecule has 0 aromatic heterocycles. The van der Waals surface area contributed by atoms with E-state index in [1.54, 1.807) is 0 Å². The van der Waals surface area contributed by atoms with Crippen LogP contribution in [0.1, 0.15) is 33.6 Å². The van der Waals surface area contributed by atoms with Crippen LogP contribution in [0.15, 0.2) is 0 Å². The van der Waals surface area contributed by atoms with Crippen LogP contribution in [0, 0.1) is 0 Å². The molecule has 0 aliphatic rings. The molecular formula is C9H21NO2. The Balaban J connectivity index is 3.59. The average molecular weight is 175 g/mol. The maximum absolute atomic E-state index is 9.08. The van der Waals surface area contributed by atoms with Crippen LogP contribution in [-0.4, -0.2) is 35.0 Å². The fourth-order valence-corrected chi connectivity index (χ4v) is 1.17. The van der Waals surface area contributed by atoms with Crippen molar-refractivity contribution in [3.8, 4) is 0 Å². The number of aliphatic hydroxyl groups excluding tert-OH is 2. The van der Waals surface area contributed by atoms with Crippen molar-refractivity contribution in [3.63, 3.8) is 0 Å². The summed E-state index contributed by atoms with van der Waals surface area (Å²) in [6, 6.07) is 0. The van der Waals surface area contributed by atoms with Gasteiger partial charge in [-0.2, -0.15) is 0 Å². The summed E-state index contributed by atoms with van der Waals surface area (Å²) in [4.78, 5) is 0. The van der Waals surface area contributed by atoms with Crippen LogP contribution >= 0.6 is 0 Å². The molecular weight excluding hydrogens is 154 g/mol. The highest BCUT2D eigenvalue weighted by atomic mass is 16.3. The lowest BCUT2D eigenvalue weighted by Crippen LogP contribution is -2.44. The first-order valence-electron chi connectivity index (χ1n) is 4.56.